The van der Waals surface area contributed by atoms with Crippen LogP contribution < -0.4 is 9.47 Å². The zero-order chi connectivity index (χ0) is 23.9. The molecule has 34 heavy (non-hydrogen) atoms. The molecule has 1 aliphatic heterocycles. The van der Waals surface area contributed by atoms with Crippen LogP contribution in [-0.4, -0.2) is 52.9 Å². The average molecular weight is 478 g/mol. The van der Waals surface area contributed by atoms with Gasteiger partial charge in [-0.15, -0.1) is 10.2 Å². The van der Waals surface area contributed by atoms with E-state index in [0.29, 0.717) is 23.2 Å². The summed E-state index contributed by atoms with van der Waals surface area (Å²) < 4.78 is 38.8. The van der Waals surface area contributed by atoms with E-state index in [1.807, 2.05) is 59.2 Å². The van der Waals surface area contributed by atoms with E-state index in [-0.39, 0.29) is 13.1 Å². The zero-order valence-corrected chi connectivity index (χ0v) is 19.8. The van der Waals surface area contributed by atoms with Gasteiger partial charge in [-0.25, -0.2) is 13.4 Å². The molecule has 0 bridgehead atoms. The normalized spacial score (nSPS) is 13.6. The highest BCUT2D eigenvalue weighted by atomic mass is 32.2. The Kier molecular flexibility index (Phi) is 5.54. The number of hydrogen-bond acceptors (Lipinski definition) is 7. The lowest BCUT2D eigenvalue weighted by atomic mass is 10.0. The molecular formula is C24H23N5O4S. The largest absolute Gasteiger partial charge is 0.496 e. The van der Waals surface area contributed by atoms with Crippen LogP contribution in [0, 0.1) is 0 Å². The molecule has 0 fully saturated rings. The molecule has 2 aromatic heterocycles. The van der Waals surface area contributed by atoms with E-state index in [9.17, 15) is 8.42 Å². The number of aromatic nitrogens is 4. The molecule has 0 N–H and O–H groups in total. The van der Waals surface area contributed by atoms with Gasteiger partial charge in [0.1, 0.15) is 5.75 Å². The summed E-state index contributed by atoms with van der Waals surface area (Å²) in [4.78, 5) is 4.52. The fourth-order valence-electron chi connectivity index (χ4n) is 4.06. The summed E-state index contributed by atoms with van der Waals surface area (Å²) in [6.07, 6.45) is 1.18. The van der Waals surface area contributed by atoms with Gasteiger partial charge in [-0.3, -0.25) is 4.57 Å². The van der Waals surface area contributed by atoms with Gasteiger partial charge in [0.15, 0.2) is 11.6 Å². The van der Waals surface area contributed by atoms with Crippen LogP contribution in [0.1, 0.15) is 11.5 Å². The fourth-order valence-corrected chi connectivity index (χ4v) is 4.77. The maximum absolute atomic E-state index is 12.4. The molecule has 5 rings (SSSR count). The lowest BCUT2D eigenvalue weighted by Gasteiger charge is -2.16. The van der Waals surface area contributed by atoms with Gasteiger partial charge >= 0.3 is 0 Å². The van der Waals surface area contributed by atoms with Gasteiger partial charge in [0.05, 0.1) is 44.9 Å². The number of nitrogens with zero attached hydrogens (tertiary/aromatic N) is 5. The van der Waals surface area contributed by atoms with Crippen molar-refractivity contribution in [3.05, 3.63) is 72.2 Å². The standard InChI is InChI=1S/C24H23N5O4S/c1-32-21-7-5-4-6-18(21)16-8-10-17(11-9-16)24-27-26-22-15-28(34(3,30)31)14-19-20(29(22)24)12-13-23(25-19)33-2/h4-13H,14-15H2,1-3H3. The van der Waals surface area contributed by atoms with Crippen molar-refractivity contribution in [2.45, 2.75) is 13.1 Å². The molecule has 10 heteroatoms. The number of rotatable bonds is 5. The highest BCUT2D eigenvalue weighted by Gasteiger charge is 2.29. The maximum Gasteiger partial charge on any atom is 0.213 e. The molecule has 0 aliphatic carbocycles. The monoisotopic (exact) mass is 477 g/mol. The minimum absolute atomic E-state index is 0.0871. The van der Waals surface area contributed by atoms with Gasteiger partial charge < -0.3 is 9.47 Å². The molecule has 0 atom stereocenters. The van der Waals surface area contributed by atoms with Crippen LogP contribution in [0.3, 0.4) is 0 Å². The summed E-state index contributed by atoms with van der Waals surface area (Å²) in [5.41, 5.74) is 4.12. The summed E-state index contributed by atoms with van der Waals surface area (Å²) in [6, 6.07) is 19.4. The highest BCUT2D eigenvalue weighted by Crippen LogP contribution is 2.33. The number of methoxy groups -OCH3 is 2. The van der Waals surface area contributed by atoms with Gasteiger partial charge in [-0.2, -0.15) is 4.31 Å². The van der Waals surface area contributed by atoms with Crippen LogP contribution in [0.4, 0.5) is 0 Å². The van der Waals surface area contributed by atoms with E-state index in [4.69, 9.17) is 9.47 Å². The Bertz CT molecular complexity index is 1470. The second-order valence-electron chi connectivity index (χ2n) is 7.90. The molecule has 0 radical (unpaired) electrons. The SMILES string of the molecule is COc1ccc2c(n1)CN(S(C)(=O)=O)Cc1nnc(-c3ccc(-c4ccccc4OC)cc3)n1-2. The Morgan fingerprint density at radius 2 is 1.59 bits per heavy atom. The Balaban J connectivity index is 1.62. The summed E-state index contributed by atoms with van der Waals surface area (Å²) in [5, 5.41) is 8.75. The second kappa shape index (κ2) is 8.54. The van der Waals surface area contributed by atoms with Crippen molar-refractivity contribution in [3.8, 4) is 39.8 Å². The van der Waals surface area contributed by atoms with Crippen molar-refractivity contribution < 1.29 is 17.9 Å². The Morgan fingerprint density at radius 3 is 2.29 bits per heavy atom. The van der Waals surface area contributed by atoms with E-state index in [2.05, 4.69) is 15.2 Å². The van der Waals surface area contributed by atoms with E-state index < -0.39 is 10.0 Å². The van der Waals surface area contributed by atoms with Crippen LogP contribution in [0.15, 0.2) is 60.7 Å². The third-order valence-electron chi connectivity index (χ3n) is 5.78. The molecule has 174 valence electrons. The molecule has 0 amide bonds. The third-order valence-corrected chi connectivity index (χ3v) is 6.97. The average Bonchev–Trinajstić information content (AvgIpc) is 3.18. The van der Waals surface area contributed by atoms with Crippen LogP contribution in [0.25, 0.3) is 28.2 Å². The first-order valence-corrected chi connectivity index (χ1v) is 12.4. The number of fused-ring (bicyclic) bond motifs is 3. The number of para-hydroxylation sites is 1. The summed E-state index contributed by atoms with van der Waals surface area (Å²) in [6.45, 7) is 0.199. The molecule has 0 saturated carbocycles. The summed E-state index contributed by atoms with van der Waals surface area (Å²) in [5.74, 6) is 2.32. The Labute approximate surface area is 197 Å². The van der Waals surface area contributed by atoms with Crippen molar-refractivity contribution >= 4 is 10.0 Å². The lowest BCUT2D eigenvalue weighted by Crippen LogP contribution is -2.29. The molecule has 3 heterocycles. The van der Waals surface area contributed by atoms with Crippen LogP contribution in [0.5, 0.6) is 11.6 Å². The van der Waals surface area contributed by atoms with Crippen molar-refractivity contribution in [2.24, 2.45) is 0 Å². The number of sulfonamides is 1. The number of ether oxygens (including phenoxy) is 2. The van der Waals surface area contributed by atoms with Crippen LogP contribution in [-0.2, 0) is 23.1 Å². The first-order valence-electron chi connectivity index (χ1n) is 10.6. The van der Waals surface area contributed by atoms with E-state index in [1.54, 1.807) is 13.2 Å². The summed E-state index contributed by atoms with van der Waals surface area (Å²) >= 11 is 0. The number of pyridine rings is 1. The van der Waals surface area contributed by atoms with E-state index in [1.165, 1.54) is 17.7 Å². The fraction of sp³-hybridized carbons (Fsp3) is 0.208. The lowest BCUT2D eigenvalue weighted by molar-refractivity contribution is 0.381. The highest BCUT2D eigenvalue weighted by molar-refractivity contribution is 7.88. The molecule has 4 aromatic rings. The van der Waals surface area contributed by atoms with Crippen molar-refractivity contribution in [2.75, 3.05) is 20.5 Å². The van der Waals surface area contributed by atoms with Gasteiger partial charge in [-0.1, -0.05) is 42.5 Å². The number of benzene rings is 2. The maximum atomic E-state index is 12.4. The van der Waals surface area contributed by atoms with Gasteiger partial charge in [0.25, 0.3) is 0 Å². The van der Waals surface area contributed by atoms with Crippen molar-refractivity contribution in [1.82, 2.24) is 24.1 Å². The van der Waals surface area contributed by atoms with Crippen LogP contribution >= 0.6 is 0 Å². The van der Waals surface area contributed by atoms with Gasteiger partial charge in [0, 0.05) is 17.2 Å². The predicted octanol–water partition coefficient (Wildman–Crippen LogP) is 3.29. The molecule has 0 unspecified atom stereocenters. The van der Waals surface area contributed by atoms with E-state index >= 15 is 0 Å². The molecular weight excluding hydrogens is 454 g/mol. The number of hydrogen-bond donors (Lipinski definition) is 0. The van der Waals surface area contributed by atoms with Crippen LogP contribution in [0.2, 0.25) is 0 Å². The quantitative estimate of drug-likeness (QED) is 0.435. The minimum Gasteiger partial charge on any atom is -0.496 e. The first-order chi connectivity index (χ1) is 16.4. The minimum atomic E-state index is -3.49. The Morgan fingerprint density at radius 1 is 0.853 bits per heavy atom. The summed E-state index contributed by atoms with van der Waals surface area (Å²) in [7, 11) is -0.315. The van der Waals surface area contributed by atoms with Crippen molar-refractivity contribution in [1.29, 1.82) is 0 Å². The first kappa shape index (κ1) is 22.1. The predicted molar refractivity (Wildman–Crippen MR) is 127 cm³/mol. The molecule has 9 nitrogen and oxygen atoms in total. The second-order valence-corrected chi connectivity index (χ2v) is 9.89. The third kappa shape index (κ3) is 3.91. The smallest absolute Gasteiger partial charge is 0.213 e. The van der Waals surface area contributed by atoms with Gasteiger partial charge in [0.2, 0.25) is 15.9 Å². The van der Waals surface area contributed by atoms with Gasteiger partial charge in [-0.05, 0) is 17.7 Å². The molecule has 1 aliphatic rings. The van der Waals surface area contributed by atoms with E-state index in [0.717, 1.165) is 28.1 Å². The van der Waals surface area contributed by atoms with Crippen molar-refractivity contribution in [3.63, 3.8) is 0 Å². The zero-order valence-electron chi connectivity index (χ0n) is 19.0. The molecule has 2 aromatic carbocycles. The molecule has 0 spiro atoms. The Hall–Kier alpha value is -3.76. The molecule has 0 saturated heterocycles. The topological polar surface area (TPSA) is 99.4 Å².